The molecule has 0 aromatic heterocycles. The Morgan fingerprint density at radius 2 is 2.27 bits per heavy atom. The van der Waals surface area contributed by atoms with Crippen molar-refractivity contribution in [1.29, 1.82) is 0 Å². The van der Waals surface area contributed by atoms with E-state index in [1.807, 2.05) is 11.1 Å². The van der Waals surface area contributed by atoms with Crippen molar-refractivity contribution < 1.29 is 0 Å². The molecule has 0 heterocycles. The third-order valence-corrected chi connectivity index (χ3v) is 4.27. The lowest BCUT2D eigenvalue weighted by Crippen LogP contribution is -2.20. The van der Waals surface area contributed by atoms with E-state index in [-0.39, 0.29) is 0 Å². The Morgan fingerprint density at radius 3 is 3.09 bits per heavy atom. The van der Waals surface area contributed by atoms with Gasteiger partial charge in [-0.25, -0.2) is 0 Å². The van der Waals surface area contributed by atoms with Crippen molar-refractivity contribution in [3.63, 3.8) is 0 Å². The Hall–Kier alpha value is -0.260. The van der Waals surface area contributed by atoms with Gasteiger partial charge in [0.05, 0.1) is 0 Å². The largest absolute Gasteiger partial charge is 0.0701 e. The lowest BCUT2D eigenvalue weighted by molar-refractivity contribution is 0.246. The topological polar surface area (TPSA) is 0 Å². The molecule has 2 atom stereocenters. The Labute approximate surface area is 68.7 Å². The van der Waals surface area contributed by atoms with E-state index in [1.165, 1.54) is 38.5 Å². The molecule has 60 valence electrons. The fourth-order valence-electron chi connectivity index (χ4n) is 3.71. The zero-order valence-corrected chi connectivity index (χ0v) is 7.32. The van der Waals surface area contributed by atoms with Gasteiger partial charge in [0.1, 0.15) is 0 Å². The second-order valence-corrected chi connectivity index (χ2v) is 4.90. The molecule has 2 fully saturated rings. The van der Waals surface area contributed by atoms with E-state index in [2.05, 4.69) is 6.92 Å². The molecule has 0 saturated heterocycles. The van der Waals surface area contributed by atoms with Crippen molar-refractivity contribution in [3.8, 4) is 0 Å². The number of hydrogen-bond acceptors (Lipinski definition) is 0. The first-order chi connectivity index (χ1) is 5.30. The van der Waals surface area contributed by atoms with E-state index in [9.17, 15) is 0 Å². The highest BCUT2D eigenvalue weighted by Crippen LogP contribution is 2.61. The maximum Gasteiger partial charge on any atom is -0.0143 e. The molecule has 3 aliphatic rings. The second kappa shape index (κ2) is 1.73. The first-order valence-corrected chi connectivity index (χ1v) is 5.00. The Morgan fingerprint density at radius 1 is 1.36 bits per heavy atom. The van der Waals surface area contributed by atoms with Gasteiger partial charge in [-0.15, -0.1) is 0 Å². The van der Waals surface area contributed by atoms with Crippen molar-refractivity contribution in [2.45, 2.75) is 45.4 Å². The van der Waals surface area contributed by atoms with Gasteiger partial charge in [-0.2, -0.15) is 0 Å². The molecule has 0 nitrogen and oxygen atoms in total. The van der Waals surface area contributed by atoms with Crippen LogP contribution in [0.3, 0.4) is 0 Å². The summed E-state index contributed by atoms with van der Waals surface area (Å²) in [7, 11) is 0. The van der Waals surface area contributed by atoms with Gasteiger partial charge in [0.25, 0.3) is 0 Å². The van der Waals surface area contributed by atoms with Crippen LogP contribution in [0.5, 0.6) is 0 Å². The summed E-state index contributed by atoms with van der Waals surface area (Å²) >= 11 is 0. The molecule has 0 heteroatoms. The first kappa shape index (κ1) is 6.28. The lowest BCUT2D eigenvalue weighted by atomic mass is 9.75. The number of hydrogen-bond donors (Lipinski definition) is 0. The first-order valence-electron chi connectivity index (χ1n) is 5.00. The normalized spacial score (nSPS) is 47.2. The van der Waals surface area contributed by atoms with Crippen LogP contribution in [0.4, 0.5) is 0 Å². The molecule has 11 heavy (non-hydrogen) atoms. The molecule has 2 unspecified atom stereocenters. The average Bonchev–Trinajstić information content (AvgIpc) is 2.53. The highest BCUT2D eigenvalue weighted by Gasteiger charge is 2.49. The molecule has 3 aliphatic carbocycles. The summed E-state index contributed by atoms with van der Waals surface area (Å²) in [6, 6.07) is 0. The van der Waals surface area contributed by atoms with Gasteiger partial charge in [-0.3, -0.25) is 0 Å². The highest BCUT2D eigenvalue weighted by atomic mass is 14.5. The summed E-state index contributed by atoms with van der Waals surface area (Å²) in [5.74, 6) is 1.03. The third kappa shape index (κ3) is 0.617. The molecule has 0 aliphatic heterocycles. The zero-order valence-electron chi connectivity index (χ0n) is 7.32. The summed E-state index contributed by atoms with van der Waals surface area (Å²) in [6.45, 7) is 2.52. The fraction of sp³-hybridized carbons (Fsp3) is 0.818. The van der Waals surface area contributed by atoms with Gasteiger partial charge in [-0.1, -0.05) is 18.1 Å². The van der Waals surface area contributed by atoms with Crippen LogP contribution in [0.2, 0.25) is 0 Å². The molecule has 0 aromatic carbocycles. The predicted molar refractivity (Wildman–Crippen MR) is 46.3 cm³/mol. The van der Waals surface area contributed by atoms with Gasteiger partial charge >= 0.3 is 0 Å². The van der Waals surface area contributed by atoms with Crippen molar-refractivity contribution in [3.05, 3.63) is 11.1 Å². The number of allylic oxidation sites excluding steroid dienone is 2. The van der Waals surface area contributed by atoms with Crippen LogP contribution in [-0.2, 0) is 0 Å². The second-order valence-electron chi connectivity index (χ2n) is 4.90. The Bertz CT molecular complexity index is 236. The van der Waals surface area contributed by atoms with Gasteiger partial charge in [0.2, 0.25) is 0 Å². The zero-order chi connectivity index (χ0) is 7.47. The monoisotopic (exact) mass is 148 g/mol. The maximum atomic E-state index is 2.52. The van der Waals surface area contributed by atoms with E-state index in [0.717, 1.165) is 11.3 Å². The summed E-state index contributed by atoms with van der Waals surface area (Å²) in [6.07, 6.45) is 8.86. The lowest BCUT2D eigenvalue weighted by Gasteiger charge is -2.29. The molecule has 2 bridgehead atoms. The average molecular weight is 148 g/mol. The van der Waals surface area contributed by atoms with Crippen LogP contribution in [0.1, 0.15) is 45.4 Å². The molecule has 0 amide bonds. The van der Waals surface area contributed by atoms with Gasteiger partial charge in [-0.05, 0) is 49.9 Å². The Balaban J connectivity index is 2.11. The Kier molecular flexibility index (Phi) is 0.987. The van der Waals surface area contributed by atoms with Crippen LogP contribution in [0, 0.1) is 11.3 Å². The quantitative estimate of drug-likeness (QED) is 0.462. The minimum Gasteiger partial charge on any atom is -0.0701 e. The molecule has 0 radical (unpaired) electrons. The van der Waals surface area contributed by atoms with Crippen LogP contribution < -0.4 is 0 Å². The molecule has 0 aromatic rings. The SMILES string of the molecule is CC12CCC(=C3CCCC31)C2. The van der Waals surface area contributed by atoms with Gasteiger partial charge in [0.15, 0.2) is 0 Å². The smallest absolute Gasteiger partial charge is 0.0143 e. The summed E-state index contributed by atoms with van der Waals surface area (Å²) in [5, 5.41) is 0. The molecular weight excluding hydrogens is 132 g/mol. The van der Waals surface area contributed by atoms with E-state index in [4.69, 9.17) is 0 Å². The van der Waals surface area contributed by atoms with E-state index >= 15 is 0 Å². The van der Waals surface area contributed by atoms with Crippen LogP contribution in [-0.4, -0.2) is 0 Å². The van der Waals surface area contributed by atoms with Crippen molar-refractivity contribution in [2.24, 2.45) is 11.3 Å². The van der Waals surface area contributed by atoms with Gasteiger partial charge < -0.3 is 0 Å². The number of fused-ring (bicyclic) bond motifs is 4. The number of rotatable bonds is 0. The highest BCUT2D eigenvalue weighted by molar-refractivity contribution is 5.34. The van der Waals surface area contributed by atoms with Gasteiger partial charge in [0, 0.05) is 0 Å². The van der Waals surface area contributed by atoms with Crippen molar-refractivity contribution in [1.82, 2.24) is 0 Å². The van der Waals surface area contributed by atoms with Crippen LogP contribution in [0.15, 0.2) is 11.1 Å². The molecule has 0 spiro atoms. The van der Waals surface area contributed by atoms with Crippen LogP contribution >= 0.6 is 0 Å². The predicted octanol–water partition coefficient (Wildman–Crippen LogP) is 3.29. The molecule has 3 rings (SSSR count). The summed E-state index contributed by atoms with van der Waals surface area (Å²) in [4.78, 5) is 0. The fourth-order valence-corrected chi connectivity index (χ4v) is 3.71. The minimum absolute atomic E-state index is 0.737. The van der Waals surface area contributed by atoms with Crippen LogP contribution in [0.25, 0.3) is 0 Å². The minimum atomic E-state index is 0.737. The van der Waals surface area contributed by atoms with Crippen molar-refractivity contribution in [2.75, 3.05) is 0 Å². The molecule has 0 N–H and O–H groups in total. The summed E-state index contributed by atoms with van der Waals surface area (Å²) < 4.78 is 0. The van der Waals surface area contributed by atoms with E-state index < -0.39 is 0 Å². The standard InChI is InChI=1S/C11H16/c1-11-6-5-8(7-11)9-3-2-4-10(9)11/h10H,2-7H2,1H3. The summed E-state index contributed by atoms with van der Waals surface area (Å²) in [5.41, 5.74) is 4.51. The molecule has 2 saturated carbocycles. The third-order valence-electron chi connectivity index (χ3n) is 4.27. The van der Waals surface area contributed by atoms with E-state index in [0.29, 0.717) is 0 Å². The maximum absolute atomic E-state index is 2.52. The van der Waals surface area contributed by atoms with E-state index in [1.54, 1.807) is 0 Å². The van der Waals surface area contributed by atoms with Crippen molar-refractivity contribution >= 4 is 0 Å². The molecular formula is C11H16.